The molecule has 15 heavy (non-hydrogen) atoms. The smallest absolute Gasteiger partial charge is 0.120 e. The highest BCUT2D eigenvalue weighted by Crippen LogP contribution is 2.21. The van der Waals surface area contributed by atoms with Crippen LogP contribution in [-0.2, 0) is 6.54 Å². The number of hydrogen-bond donors (Lipinski definition) is 2. The Balaban J connectivity index is 2.02. The molecule has 0 unspecified atom stereocenters. The Morgan fingerprint density at radius 2 is 2.20 bits per heavy atom. The number of anilines is 1. The molecule has 2 N–H and O–H groups in total. The lowest BCUT2D eigenvalue weighted by atomic mass is 10.2. The van der Waals surface area contributed by atoms with Gasteiger partial charge in [0.2, 0.25) is 0 Å². The Hall–Kier alpha value is -1.48. The van der Waals surface area contributed by atoms with Gasteiger partial charge in [0.1, 0.15) is 5.75 Å². The Labute approximate surface area is 93.2 Å². The minimum Gasteiger partial charge on any atom is -0.508 e. The molecule has 2 nitrogen and oxygen atoms in total. The third kappa shape index (κ3) is 2.50. The number of rotatable bonds is 3. The molecule has 0 spiro atoms. The van der Waals surface area contributed by atoms with Gasteiger partial charge >= 0.3 is 0 Å². The first kappa shape index (κ1) is 10.1. The van der Waals surface area contributed by atoms with Gasteiger partial charge < -0.3 is 10.4 Å². The summed E-state index contributed by atoms with van der Waals surface area (Å²) < 4.78 is 0. The van der Waals surface area contributed by atoms with Gasteiger partial charge in [-0.2, -0.15) is 0 Å². The second-order valence-electron chi connectivity index (χ2n) is 3.43. The summed E-state index contributed by atoms with van der Waals surface area (Å²) in [5.41, 5.74) is 1.85. The highest BCUT2D eigenvalue weighted by molar-refractivity contribution is 7.09. The molecule has 0 saturated carbocycles. The maximum atomic E-state index is 9.52. The highest BCUT2D eigenvalue weighted by atomic mass is 32.1. The van der Waals surface area contributed by atoms with E-state index in [4.69, 9.17) is 0 Å². The molecule has 1 aromatic heterocycles. The van der Waals surface area contributed by atoms with Crippen LogP contribution in [0.2, 0.25) is 0 Å². The van der Waals surface area contributed by atoms with Gasteiger partial charge in [0.25, 0.3) is 0 Å². The van der Waals surface area contributed by atoms with Crippen LogP contribution in [0.4, 0.5) is 5.69 Å². The van der Waals surface area contributed by atoms with Gasteiger partial charge in [-0.25, -0.2) is 0 Å². The summed E-state index contributed by atoms with van der Waals surface area (Å²) >= 11 is 1.72. The van der Waals surface area contributed by atoms with E-state index in [2.05, 4.69) is 16.8 Å². The second kappa shape index (κ2) is 4.36. The number of nitrogens with one attached hydrogen (secondary N) is 1. The topological polar surface area (TPSA) is 32.3 Å². The summed E-state index contributed by atoms with van der Waals surface area (Å²) in [5, 5.41) is 14.8. The molecule has 2 rings (SSSR count). The number of hydrogen-bond acceptors (Lipinski definition) is 3. The van der Waals surface area contributed by atoms with Crippen LogP contribution >= 0.6 is 11.3 Å². The number of aryl methyl sites for hydroxylation is 1. The first-order chi connectivity index (χ1) is 7.25. The SMILES string of the molecule is Cc1ccc(NCc2cccs2)cc1O. The summed E-state index contributed by atoms with van der Waals surface area (Å²) in [4.78, 5) is 1.29. The van der Waals surface area contributed by atoms with Crippen molar-refractivity contribution in [2.45, 2.75) is 13.5 Å². The largest absolute Gasteiger partial charge is 0.508 e. The van der Waals surface area contributed by atoms with Crippen LogP contribution in [0.5, 0.6) is 5.75 Å². The summed E-state index contributed by atoms with van der Waals surface area (Å²) in [7, 11) is 0. The van der Waals surface area contributed by atoms with Gasteiger partial charge in [-0.3, -0.25) is 0 Å². The fourth-order valence-electron chi connectivity index (χ4n) is 1.32. The van der Waals surface area contributed by atoms with Crippen molar-refractivity contribution in [2.24, 2.45) is 0 Å². The average Bonchev–Trinajstić information content (AvgIpc) is 2.73. The number of aromatic hydroxyl groups is 1. The van der Waals surface area contributed by atoms with Crippen molar-refractivity contribution in [3.8, 4) is 5.75 Å². The van der Waals surface area contributed by atoms with Crippen LogP contribution in [0.15, 0.2) is 35.7 Å². The number of thiophene rings is 1. The molecular formula is C12H13NOS. The third-order valence-corrected chi connectivity index (χ3v) is 3.13. The Kier molecular flexibility index (Phi) is 2.92. The quantitative estimate of drug-likeness (QED) is 0.829. The summed E-state index contributed by atoms with van der Waals surface area (Å²) in [5.74, 6) is 0.339. The number of benzene rings is 1. The van der Waals surface area contributed by atoms with E-state index in [9.17, 15) is 5.11 Å². The third-order valence-electron chi connectivity index (χ3n) is 2.26. The maximum Gasteiger partial charge on any atom is 0.120 e. The first-order valence-electron chi connectivity index (χ1n) is 4.81. The predicted octanol–water partition coefficient (Wildman–Crippen LogP) is 3.37. The average molecular weight is 219 g/mol. The van der Waals surface area contributed by atoms with E-state index in [0.29, 0.717) is 5.75 Å². The lowest BCUT2D eigenvalue weighted by molar-refractivity contribution is 0.471. The Morgan fingerprint density at radius 3 is 2.87 bits per heavy atom. The molecule has 78 valence electrons. The monoisotopic (exact) mass is 219 g/mol. The summed E-state index contributed by atoms with van der Waals surface area (Å²) in [6.45, 7) is 2.69. The molecule has 1 aromatic carbocycles. The van der Waals surface area contributed by atoms with Gasteiger partial charge in [0.15, 0.2) is 0 Å². The van der Waals surface area contributed by atoms with Gasteiger partial charge in [0, 0.05) is 23.2 Å². The molecule has 0 radical (unpaired) electrons. The van der Waals surface area contributed by atoms with Gasteiger partial charge in [-0.15, -0.1) is 11.3 Å². The van der Waals surface area contributed by atoms with Gasteiger partial charge in [0.05, 0.1) is 0 Å². The Morgan fingerprint density at radius 1 is 1.33 bits per heavy atom. The van der Waals surface area contributed by atoms with Crippen LogP contribution in [0.3, 0.4) is 0 Å². The molecular weight excluding hydrogens is 206 g/mol. The minimum absolute atomic E-state index is 0.339. The van der Waals surface area contributed by atoms with E-state index in [-0.39, 0.29) is 0 Å². The highest BCUT2D eigenvalue weighted by Gasteiger charge is 1.98. The van der Waals surface area contributed by atoms with E-state index in [1.54, 1.807) is 17.4 Å². The van der Waals surface area contributed by atoms with E-state index in [1.807, 2.05) is 25.1 Å². The van der Waals surface area contributed by atoms with Gasteiger partial charge in [-0.05, 0) is 30.0 Å². The molecule has 3 heteroatoms. The standard InChI is InChI=1S/C12H13NOS/c1-9-4-5-10(7-12(9)14)13-8-11-3-2-6-15-11/h2-7,13-14H,8H2,1H3. The van der Waals surface area contributed by atoms with Crippen LogP contribution < -0.4 is 5.32 Å². The fourth-order valence-corrected chi connectivity index (χ4v) is 1.97. The van der Waals surface area contributed by atoms with E-state index in [1.165, 1.54) is 4.88 Å². The lowest BCUT2D eigenvalue weighted by Crippen LogP contribution is -1.96. The summed E-state index contributed by atoms with van der Waals surface area (Å²) in [6.07, 6.45) is 0. The zero-order chi connectivity index (χ0) is 10.7. The molecule has 0 atom stereocenters. The van der Waals surface area contributed by atoms with Gasteiger partial charge in [-0.1, -0.05) is 12.1 Å². The second-order valence-corrected chi connectivity index (χ2v) is 4.47. The Bertz CT molecular complexity index is 437. The van der Waals surface area contributed by atoms with Crippen molar-refractivity contribution >= 4 is 17.0 Å². The fraction of sp³-hybridized carbons (Fsp3) is 0.167. The minimum atomic E-state index is 0.339. The summed E-state index contributed by atoms with van der Waals surface area (Å²) in [6, 6.07) is 9.76. The normalized spacial score (nSPS) is 10.2. The molecule has 0 aliphatic carbocycles. The lowest BCUT2D eigenvalue weighted by Gasteiger charge is -2.06. The molecule has 0 aliphatic heterocycles. The molecule has 0 aliphatic rings. The van der Waals surface area contributed by atoms with Crippen molar-refractivity contribution in [1.82, 2.24) is 0 Å². The van der Waals surface area contributed by atoms with Crippen molar-refractivity contribution in [2.75, 3.05) is 5.32 Å². The zero-order valence-corrected chi connectivity index (χ0v) is 9.34. The van der Waals surface area contributed by atoms with Crippen LogP contribution in [0, 0.1) is 6.92 Å². The van der Waals surface area contributed by atoms with E-state index < -0.39 is 0 Å². The van der Waals surface area contributed by atoms with E-state index in [0.717, 1.165) is 17.8 Å². The molecule has 0 bridgehead atoms. The zero-order valence-electron chi connectivity index (χ0n) is 8.53. The molecule has 0 saturated heterocycles. The van der Waals surface area contributed by atoms with Crippen LogP contribution in [-0.4, -0.2) is 5.11 Å². The van der Waals surface area contributed by atoms with Crippen LogP contribution in [0.1, 0.15) is 10.4 Å². The first-order valence-corrected chi connectivity index (χ1v) is 5.69. The van der Waals surface area contributed by atoms with E-state index >= 15 is 0 Å². The van der Waals surface area contributed by atoms with Crippen molar-refractivity contribution in [1.29, 1.82) is 0 Å². The molecule has 0 amide bonds. The number of phenolic OH excluding ortho intramolecular Hbond substituents is 1. The maximum absolute atomic E-state index is 9.52. The van der Waals surface area contributed by atoms with Crippen molar-refractivity contribution in [3.63, 3.8) is 0 Å². The van der Waals surface area contributed by atoms with Crippen molar-refractivity contribution < 1.29 is 5.11 Å². The molecule has 0 fully saturated rings. The molecule has 2 aromatic rings. The predicted molar refractivity (Wildman–Crippen MR) is 64.5 cm³/mol. The number of phenols is 1. The van der Waals surface area contributed by atoms with Crippen LogP contribution in [0.25, 0.3) is 0 Å². The van der Waals surface area contributed by atoms with Crippen molar-refractivity contribution in [3.05, 3.63) is 46.2 Å². The molecule has 1 heterocycles.